The summed E-state index contributed by atoms with van der Waals surface area (Å²) in [6, 6.07) is 2.61. The number of ether oxygens (including phenoxy) is 1. The zero-order valence-corrected chi connectivity index (χ0v) is 11.7. The van der Waals surface area contributed by atoms with Gasteiger partial charge in [0.15, 0.2) is 0 Å². The first-order chi connectivity index (χ1) is 9.30. The molecule has 1 fully saturated rings. The first kappa shape index (κ1) is 15.1. The van der Waals surface area contributed by atoms with Gasteiger partial charge in [0.25, 0.3) is 0 Å². The fraction of sp³-hybridized carbons (Fsp3) is 0.417. The topological polar surface area (TPSA) is 29.5 Å². The molecule has 1 aliphatic heterocycles. The molecule has 0 aromatic heterocycles. The predicted octanol–water partition coefficient (Wildman–Crippen LogP) is 3.47. The summed E-state index contributed by atoms with van der Waals surface area (Å²) in [4.78, 5) is 12.9. The van der Waals surface area contributed by atoms with E-state index >= 15 is 0 Å². The number of halogens is 5. The van der Waals surface area contributed by atoms with Crippen LogP contribution in [0.25, 0.3) is 0 Å². The van der Waals surface area contributed by atoms with E-state index in [4.69, 9.17) is 0 Å². The van der Waals surface area contributed by atoms with E-state index in [1.165, 1.54) is 0 Å². The smallest absolute Gasteiger partial charge is 0.406 e. The SMILES string of the molecule is O=C1CC(CBr)CN1c1cc(OC(F)(F)F)ccc1F. The van der Waals surface area contributed by atoms with Crippen LogP contribution < -0.4 is 9.64 Å². The van der Waals surface area contributed by atoms with Gasteiger partial charge in [0.05, 0.1) is 5.69 Å². The van der Waals surface area contributed by atoms with Crippen LogP contribution in [-0.2, 0) is 4.79 Å². The summed E-state index contributed by atoms with van der Waals surface area (Å²) < 4.78 is 53.9. The van der Waals surface area contributed by atoms with Gasteiger partial charge in [-0.05, 0) is 18.1 Å². The second kappa shape index (κ2) is 5.59. The third-order valence-electron chi connectivity index (χ3n) is 2.87. The van der Waals surface area contributed by atoms with Crippen LogP contribution in [0.15, 0.2) is 18.2 Å². The van der Waals surface area contributed by atoms with Crippen molar-refractivity contribution in [2.24, 2.45) is 5.92 Å². The molecule has 0 N–H and O–H groups in total. The highest BCUT2D eigenvalue weighted by molar-refractivity contribution is 9.09. The molecule has 110 valence electrons. The van der Waals surface area contributed by atoms with Gasteiger partial charge in [-0.1, -0.05) is 15.9 Å². The monoisotopic (exact) mass is 355 g/mol. The lowest BCUT2D eigenvalue weighted by atomic mass is 10.2. The van der Waals surface area contributed by atoms with Gasteiger partial charge in [0.1, 0.15) is 11.6 Å². The van der Waals surface area contributed by atoms with Crippen molar-refractivity contribution in [3.8, 4) is 5.75 Å². The molecule has 1 saturated heterocycles. The van der Waals surface area contributed by atoms with Crippen LogP contribution in [0, 0.1) is 11.7 Å². The molecule has 2 rings (SSSR count). The van der Waals surface area contributed by atoms with Gasteiger partial charge < -0.3 is 9.64 Å². The summed E-state index contributed by atoms with van der Waals surface area (Å²) in [5, 5.41) is 0.565. The van der Waals surface area contributed by atoms with Crippen LogP contribution in [0.3, 0.4) is 0 Å². The molecular weight excluding hydrogens is 346 g/mol. The Morgan fingerprint density at radius 3 is 2.65 bits per heavy atom. The maximum absolute atomic E-state index is 13.7. The van der Waals surface area contributed by atoms with Crippen molar-refractivity contribution < 1.29 is 27.1 Å². The maximum atomic E-state index is 13.7. The number of hydrogen-bond donors (Lipinski definition) is 0. The minimum Gasteiger partial charge on any atom is -0.406 e. The summed E-state index contributed by atoms with van der Waals surface area (Å²) in [7, 11) is 0. The van der Waals surface area contributed by atoms with Crippen LogP contribution in [0.2, 0.25) is 0 Å². The molecule has 1 heterocycles. The Morgan fingerprint density at radius 2 is 2.10 bits per heavy atom. The number of carbonyl (C=O) groups excluding carboxylic acids is 1. The summed E-state index contributed by atoms with van der Waals surface area (Å²) in [6.45, 7) is 0.260. The zero-order valence-electron chi connectivity index (χ0n) is 10.1. The largest absolute Gasteiger partial charge is 0.573 e. The average molecular weight is 356 g/mol. The standard InChI is InChI=1S/C12H10BrF4NO2/c13-5-7-3-11(19)18(6-7)10-4-8(1-2-9(10)14)20-12(15,16)17/h1-2,4,7H,3,5-6H2. The van der Waals surface area contributed by atoms with Gasteiger partial charge in [-0.15, -0.1) is 13.2 Å². The number of benzene rings is 1. The van der Waals surface area contributed by atoms with Crippen molar-refractivity contribution in [3.05, 3.63) is 24.0 Å². The van der Waals surface area contributed by atoms with Gasteiger partial charge in [-0.2, -0.15) is 0 Å². The van der Waals surface area contributed by atoms with Crippen molar-refractivity contribution in [1.29, 1.82) is 0 Å². The highest BCUT2D eigenvalue weighted by Crippen LogP contribution is 2.32. The van der Waals surface area contributed by atoms with Gasteiger partial charge in [0.2, 0.25) is 5.91 Å². The van der Waals surface area contributed by atoms with Crippen LogP contribution in [0.5, 0.6) is 5.75 Å². The van der Waals surface area contributed by atoms with Gasteiger partial charge in [0, 0.05) is 24.4 Å². The van der Waals surface area contributed by atoms with E-state index in [2.05, 4.69) is 20.7 Å². The molecule has 0 radical (unpaired) electrons. The number of anilines is 1. The number of hydrogen-bond acceptors (Lipinski definition) is 2. The van der Waals surface area contributed by atoms with Gasteiger partial charge in [-0.3, -0.25) is 4.79 Å². The number of rotatable bonds is 3. The molecule has 0 aliphatic carbocycles. The highest BCUT2D eigenvalue weighted by atomic mass is 79.9. The third kappa shape index (κ3) is 3.41. The first-order valence-corrected chi connectivity index (χ1v) is 6.84. The van der Waals surface area contributed by atoms with Crippen molar-refractivity contribution in [3.63, 3.8) is 0 Å². The van der Waals surface area contributed by atoms with Crippen LogP contribution in [0.4, 0.5) is 23.2 Å². The van der Waals surface area contributed by atoms with E-state index in [1.54, 1.807) is 0 Å². The fourth-order valence-corrected chi connectivity index (χ4v) is 2.45. The van der Waals surface area contributed by atoms with E-state index in [0.717, 1.165) is 23.1 Å². The highest BCUT2D eigenvalue weighted by Gasteiger charge is 2.34. The molecule has 0 bridgehead atoms. The van der Waals surface area contributed by atoms with E-state index in [1.807, 2.05) is 0 Å². The van der Waals surface area contributed by atoms with Crippen LogP contribution in [0.1, 0.15) is 6.42 Å². The van der Waals surface area contributed by atoms with Crippen LogP contribution in [-0.4, -0.2) is 24.1 Å². The minimum atomic E-state index is -4.86. The lowest BCUT2D eigenvalue weighted by Gasteiger charge is -2.18. The normalized spacial score (nSPS) is 19.6. The summed E-state index contributed by atoms with van der Waals surface area (Å²) >= 11 is 3.23. The molecule has 1 atom stereocenters. The summed E-state index contributed by atoms with van der Waals surface area (Å²) in [5.41, 5.74) is -0.194. The molecule has 1 aromatic carbocycles. The van der Waals surface area contributed by atoms with E-state index in [-0.39, 0.29) is 30.5 Å². The predicted molar refractivity (Wildman–Crippen MR) is 67.3 cm³/mol. The fourth-order valence-electron chi connectivity index (χ4n) is 2.01. The van der Waals surface area contributed by atoms with E-state index < -0.39 is 17.9 Å². The lowest BCUT2D eigenvalue weighted by molar-refractivity contribution is -0.274. The number of carbonyl (C=O) groups is 1. The Bertz CT molecular complexity index is 521. The Morgan fingerprint density at radius 1 is 1.40 bits per heavy atom. The molecule has 20 heavy (non-hydrogen) atoms. The average Bonchev–Trinajstić information content (AvgIpc) is 2.71. The second-order valence-electron chi connectivity index (χ2n) is 4.39. The lowest BCUT2D eigenvalue weighted by Crippen LogP contribution is -2.26. The molecule has 0 saturated carbocycles. The molecule has 8 heteroatoms. The quantitative estimate of drug-likeness (QED) is 0.613. The number of nitrogens with zero attached hydrogens (tertiary/aromatic N) is 1. The number of amides is 1. The Kier molecular flexibility index (Phi) is 4.22. The van der Waals surface area contributed by atoms with Gasteiger partial charge >= 0.3 is 6.36 Å². The van der Waals surface area contributed by atoms with Crippen LogP contribution >= 0.6 is 15.9 Å². The summed E-state index contributed by atoms with van der Waals surface area (Å²) in [5.74, 6) is -1.63. The molecule has 1 unspecified atom stereocenters. The Balaban J connectivity index is 2.27. The molecule has 1 amide bonds. The molecule has 1 aliphatic rings. The Hall–Kier alpha value is -1.31. The minimum absolute atomic E-state index is 0.00842. The van der Waals surface area contributed by atoms with Crippen molar-refractivity contribution in [1.82, 2.24) is 0 Å². The number of alkyl halides is 4. The molecular formula is C12H10BrF4NO2. The van der Waals surface area contributed by atoms with E-state index in [9.17, 15) is 22.4 Å². The Labute approximate surface area is 120 Å². The van der Waals surface area contributed by atoms with Gasteiger partial charge in [-0.25, -0.2) is 4.39 Å². The molecule has 1 aromatic rings. The zero-order chi connectivity index (χ0) is 14.9. The van der Waals surface area contributed by atoms with Crippen molar-refractivity contribution in [2.45, 2.75) is 12.8 Å². The van der Waals surface area contributed by atoms with Crippen molar-refractivity contribution in [2.75, 3.05) is 16.8 Å². The molecule has 3 nitrogen and oxygen atoms in total. The van der Waals surface area contributed by atoms with Crippen molar-refractivity contribution >= 4 is 27.5 Å². The summed E-state index contributed by atoms with van der Waals surface area (Å²) in [6.07, 6.45) is -4.63. The third-order valence-corrected chi connectivity index (χ3v) is 3.78. The molecule has 0 spiro atoms. The first-order valence-electron chi connectivity index (χ1n) is 5.72. The maximum Gasteiger partial charge on any atom is 0.573 e. The second-order valence-corrected chi connectivity index (χ2v) is 5.04. The van der Waals surface area contributed by atoms with E-state index in [0.29, 0.717) is 5.33 Å².